The zero-order chi connectivity index (χ0) is 28.6. The van der Waals surface area contributed by atoms with Crippen molar-refractivity contribution in [1.82, 2.24) is 10.2 Å². The van der Waals surface area contributed by atoms with Crippen molar-refractivity contribution in [2.24, 2.45) is 0 Å². The summed E-state index contributed by atoms with van der Waals surface area (Å²) in [6.07, 6.45) is 1.96. The van der Waals surface area contributed by atoms with Crippen LogP contribution in [-0.2, 0) is 32.6 Å². The molecule has 2 amide bonds. The van der Waals surface area contributed by atoms with Gasteiger partial charge in [0.25, 0.3) is 0 Å². The fraction of sp³-hybridized carbons (Fsp3) is 0.286. The molecular formula is C28H30BrCl2N3O4S. The molecule has 11 heteroatoms. The highest BCUT2D eigenvalue weighted by atomic mass is 79.9. The van der Waals surface area contributed by atoms with Crippen molar-refractivity contribution in [2.45, 2.75) is 32.4 Å². The van der Waals surface area contributed by atoms with Crippen molar-refractivity contribution in [3.05, 3.63) is 98.4 Å². The van der Waals surface area contributed by atoms with Crippen molar-refractivity contribution < 1.29 is 18.0 Å². The summed E-state index contributed by atoms with van der Waals surface area (Å²) >= 11 is 16.0. The molecule has 0 bridgehead atoms. The molecule has 0 aromatic heterocycles. The Morgan fingerprint density at radius 1 is 0.974 bits per heavy atom. The first-order valence-electron chi connectivity index (χ1n) is 12.3. The molecular weight excluding hydrogens is 625 g/mol. The van der Waals surface area contributed by atoms with E-state index < -0.39 is 28.5 Å². The highest BCUT2D eigenvalue weighted by molar-refractivity contribution is 9.10. The SMILES string of the molecule is CCCNC(=O)[C@H](Cc1ccccc1)N(Cc1cccc(Br)c1)C(=O)CN(c1cccc(Cl)c1Cl)S(C)(=O)=O. The number of hydrogen-bond acceptors (Lipinski definition) is 4. The number of benzene rings is 3. The van der Waals surface area contributed by atoms with Gasteiger partial charge in [0.2, 0.25) is 21.8 Å². The number of rotatable bonds is 12. The standard InChI is InChI=1S/C28H30BrCl2N3O4S/c1-3-15-32-28(36)25(17-20-9-5-4-6-10-20)33(18-21-11-7-12-22(29)16-21)26(35)19-34(39(2,37)38)24-14-8-13-23(30)27(24)31/h4-14,16,25H,3,15,17-19H2,1-2H3,(H,32,36)/t25-/m0/s1. The summed E-state index contributed by atoms with van der Waals surface area (Å²) in [6.45, 7) is 1.89. The molecule has 7 nitrogen and oxygen atoms in total. The molecule has 0 heterocycles. The Kier molecular flexibility index (Phi) is 11.2. The summed E-state index contributed by atoms with van der Waals surface area (Å²) in [4.78, 5) is 28.9. The van der Waals surface area contributed by atoms with Crippen molar-refractivity contribution >= 4 is 66.7 Å². The maximum Gasteiger partial charge on any atom is 0.244 e. The molecule has 0 fully saturated rings. The first-order valence-corrected chi connectivity index (χ1v) is 15.7. The van der Waals surface area contributed by atoms with Crippen molar-refractivity contribution in [3.8, 4) is 0 Å². The third kappa shape index (κ3) is 8.70. The minimum absolute atomic E-state index is 0.0115. The van der Waals surface area contributed by atoms with Crippen LogP contribution in [0.25, 0.3) is 0 Å². The monoisotopic (exact) mass is 653 g/mol. The van der Waals surface area contributed by atoms with E-state index in [0.29, 0.717) is 6.54 Å². The number of sulfonamides is 1. The summed E-state index contributed by atoms with van der Waals surface area (Å²) in [5.41, 5.74) is 1.71. The summed E-state index contributed by atoms with van der Waals surface area (Å²) in [5.74, 6) is -0.889. The molecule has 0 unspecified atom stereocenters. The number of hydrogen-bond donors (Lipinski definition) is 1. The van der Waals surface area contributed by atoms with Gasteiger partial charge in [-0.2, -0.15) is 0 Å². The average Bonchev–Trinajstić information content (AvgIpc) is 2.89. The van der Waals surface area contributed by atoms with Gasteiger partial charge in [-0.25, -0.2) is 8.42 Å². The Morgan fingerprint density at radius 3 is 2.28 bits per heavy atom. The highest BCUT2D eigenvalue weighted by Crippen LogP contribution is 2.34. The van der Waals surface area contributed by atoms with E-state index >= 15 is 0 Å². The number of anilines is 1. The van der Waals surface area contributed by atoms with Gasteiger partial charge in [-0.3, -0.25) is 13.9 Å². The molecule has 39 heavy (non-hydrogen) atoms. The Morgan fingerprint density at radius 2 is 1.64 bits per heavy atom. The topological polar surface area (TPSA) is 86.8 Å². The Labute approximate surface area is 248 Å². The number of carbonyl (C=O) groups is 2. The first kappa shape index (κ1) is 30.9. The van der Waals surface area contributed by atoms with Gasteiger partial charge in [-0.05, 0) is 41.8 Å². The zero-order valence-corrected chi connectivity index (χ0v) is 25.5. The molecule has 3 rings (SSSR count). The molecule has 1 atom stereocenters. The van der Waals surface area contributed by atoms with E-state index in [9.17, 15) is 18.0 Å². The van der Waals surface area contributed by atoms with E-state index in [-0.39, 0.29) is 34.6 Å². The average molecular weight is 655 g/mol. The minimum Gasteiger partial charge on any atom is -0.354 e. The molecule has 0 aliphatic heterocycles. The molecule has 3 aromatic carbocycles. The second-order valence-corrected chi connectivity index (χ2v) is 12.6. The van der Waals surface area contributed by atoms with E-state index in [4.69, 9.17) is 23.2 Å². The normalized spacial score (nSPS) is 12.0. The van der Waals surface area contributed by atoms with Gasteiger partial charge in [0.1, 0.15) is 12.6 Å². The van der Waals surface area contributed by atoms with Gasteiger partial charge in [0.05, 0.1) is 22.0 Å². The number of nitrogens with one attached hydrogen (secondary N) is 1. The fourth-order valence-electron chi connectivity index (χ4n) is 4.03. The fourth-order valence-corrected chi connectivity index (χ4v) is 5.78. The van der Waals surface area contributed by atoms with Gasteiger partial charge in [0.15, 0.2) is 0 Å². The van der Waals surface area contributed by atoms with Crippen LogP contribution in [0.3, 0.4) is 0 Å². The van der Waals surface area contributed by atoms with Crippen LogP contribution in [0.15, 0.2) is 77.3 Å². The van der Waals surface area contributed by atoms with Crippen molar-refractivity contribution in [1.29, 1.82) is 0 Å². The van der Waals surface area contributed by atoms with Crippen LogP contribution in [-0.4, -0.2) is 50.5 Å². The second-order valence-electron chi connectivity index (χ2n) is 8.99. The van der Waals surface area contributed by atoms with E-state index in [2.05, 4.69) is 21.2 Å². The van der Waals surface area contributed by atoms with E-state index in [0.717, 1.165) is 32.6 Å². The van der Waals surface area contributed by atoms with Gasteiger partial charge < -0.3 is 10.2 Å². The summed E-state index contributed by atoms with van der Waals surface area (Å²) < 4.78 is 27.4. The maximum atomic E-state index is 14.0. The number of nitrogens with zero attached hydrogens (tertiary/aromatic N) is 2. The van der Waals surface area contributed by atoms with Crippen molar-refractivity contribution in [3.63, 3.8) is 0 Å². The van der Waals surface area contributed by atoms with Crippen molar-refractivity contribution in [2.75, 3.05) is 23.7 Å². The van der Waals surface area contributed by atoms with Crippen LogP contribution in [0.4, 0.5) is 5.69 Å². The predicted octanol–water partition coefficient (Wildman–Crippen LogP) is 5.69. The lowest BCUT2D eigenvalue weighted by Gasteiger charge is -2.33. The molecule has 0 aliphatic rings. The Bertz CT molecular complexity index is 1410. The Hall–Kier alpha value is -2.59. The van der Waals surface area contributed by atoms with Gasteiger partial charge in [-0.1, -0.05) is 94.6 Å². The van der Waals surface area contributed by atoms with Crippen LogP contribution in [0.1, 0.15) is 24.5 Å². The van der Waals surface area contributed by atoms with Crippen LogP contribution in [0.5, 0.6) is 0 Å². The number of carbonyl (C=O) groups excluding carboxylic acids is 2. The lowest BCUT2D eigenvalue weighted by molar-refractivity contribution is -0.140. The Balaban J connectivity index is 2.07. The van der Waals surface area contributed by atoms with Gasteiger partial charge >= 0.3 is 0 Å². The lowest BCUT2D eigenvalue weighted by Crippen LogP contribution is -2.53. The smallest absolute Gasteiger partial charge is 0.244 e. The lowest BCUT2D eigenvalue weighted by atomic mass is 10.0. The van der Waals surface area contributed by atoms with E-state index in [1.807, 2.05) is 61.5 Å². The van der Waals surface area contributed by atoms with E-state index in [1.54, 1.807) is 6.07 Å². The third-order valence-electron chi connectivity index (χ3n) is 5.94. The third-order valence-corrected chi connectivity index (χ3v) is 8.37. The maximum absolute atomic E-state index is 14.0. The zero-order valence-electron chi connectivity index (χ0n) is 21.6. The second kappa shape index (κ2) is 14.2. The molecule has 1 N–H and O–H groups in total. The summed E-state index contributed by atoms with van der Waals surface area (Å²) in [6, 6.07) is 20.4. The summed E-state index contributed by atoms with van der Waals surface area (Å²) in [7, 11) is -3.95. The van der Waals surface area contributed by atoms with E-state index in [1.165, 1.54) is 17.0 Å². The molecule has 0 saturated carbocycles. The molecule has 208 valence electrons. The highest BCUT2D eigenvalue weighted by Gasteiger charge is 2.33. The van der Waals surface area contributed by atoms with Crippen LogP contribution in [0, 0.1) is 0 Å². The van der Waals surface area contributed by atoms with Gasteiger partial charge in [-0.15, -0.1) is 0 Å². The van der Waals surface area contributed by atoms with Gasteiger partial charge in [0, 0.05) is 24.0 Å². The van der Waals surface area contributed by atoms with Crippen LogP contribution in [0.2, 0.25) is 10.0 Å². The first-order chi connectivity index (χ1) is 18.5. The molecule has 0 spiro atoms. The largest absolute Gasteiger partial charge is 0.354 e. The van der Waals surface area contributed by atoms with Crippen LogP contribution < -0.4 is 9.62 Å². The number of halogens is 3. The molecule has 0 saturated heterocycles. The molecule has 3 aromatic rings. The predicted molar refractivity (Wildman–Crippen MR) is 161 cm³/mol. The number of amides is 2. The molecule has 0 radical (unpaired) electrons. The quantitative estimate of drug-likeness (QED) is 0.272. The van der Waals surface area contributed by atoms with Crippen LogP contribution >= 0.6 is 39.1 Å². The molecule has 0 aliphatic carbocycles. The summed E-state index contributed by atoms with van der Waals surface area (Å²) in [5, 5.41) is 3.07. The minimum atomic E-state index is -3.95.